The molecule has 0 fully saturated rings. The van der Waals surface area contributed by atoms with Crippen molar-refractivity contribution in [3.63, 3.8) is 0 Å². The third-order valence-corrected chi connectivity index (χ3v) is 4.57. The summed E-state index contributed by atoms with van der Waals surface area (Å²) >= 11 is 21.9. The smallest absolute Gasteiger partial charge is 0.0635 e. The van der Waals surface area contributed by atoms with Crippen molar-refractivity contribution in [3.8, 4) is 0 Å². The van der Waals surface area contributed by atoms with Gasteiger partial charge < -0.3 is 0 Å². The van der Waals surface area contributed by atoms with Gasteiger partial charge in [-0.1, -0.05) is 62.9 Å². The lowest BCUT2D eigenvalue weighted by atomic mass is 10.1. The maximum absolute atomic E-state index is 6.19. The maximum atomic E-state index is 6.19. The van der Waals surface area contributed by atoms with Crippen LogP contribution < -0.4 is 0 Å². The standard InChI is InChI=1S/C13H9BrCl3N/c14-10(6-8-4-5-18-7-12(8)16)9-2-1-3-11(15)13(9)17/h1-5,7,10H,6H2. The Hall–Kier alpha value is -0.280. The zero-order valence-corrected chi connectivity index (χ0v) is 13.1. The van der Waals surface area contributed by atoms with Gasteiger partial charge in [-0.15, -0.1) is 0 Å². The van der Waals surface area contributed by atoms with Crippen LogP contribution in [0.25, 0.3) is 0 Å². The number of alkyl halides is 1. The number of benzene rings is 1. The average molecular weight is 365 g/mol. The van der Waals surface area contributed by atoms with Crippen LogP contribution in [0.4, 0.5) is 0 Å². The number of rotatable bonds is 3. The predicted molar refractivity (Wildman–Crippen MR) is 81.1 cm³/mol. The van der Waals surface area contributed by atoms with Crippen molar-refractivity contribution < 1.29 is 0 Å². The van der Waals surface area contributed by atoms with Gasteiger partial charge in [0.25, 0.3) is 0 Å². The number of pyridine rings is 1. The van der Waals surface area contributed by atoms with Gasteiger partial charge >= 0.3 is 0 Å². The Balaban J connectivity index is 2.25. The summed E-state index contributed by atoms with van der Waals surface area (Å²) in [6, 6.07) is 7.50. The molecule has 18 heavy (non-hydrogen) atoms. The van der Waals surface area contributed by atoms with E-state index in [9.17, 15) is 0 Å². The van der Waals surface area contributed by atoms with Gasteiger partial charge in [-0.2, -0.15) is 0 Å². The molecule has 2 aromatic rings. The van der Waals surface area contributed by atoms with Crippen molar-refractivity contribution in [2.45, 2.75) is 11.2 Å². The molecule has 0 saturated carbocycles. The summed E-state index contributed by atoms with van der Waals surface area (Å²) in [5.41, 5.74) is 1.97. The molecule has 1 aromatic heterocycles. The van der Waals surface area contributed by atoms with Crippen molar-refractivity contribution >= 4 is 50.7 Å². The number of nitrogens with zero attached hydrogens (tertiary/aromatic N) is 1. The highest BCUT2D eigenvalue weighted by Crippen LogP contribution is 2.36. The van der Waals surface area contributed by atoms with Gasteiger partial charge in [0.05, 0.1) is 15.1 Å². The molecule has 0 N–H and O–H groups in total. The van der Waals surface area contributed by atoms with Crippen LogP contribution in [0, 0.1) is 0 Å². The molecule has 0 saturated heterocycles. The predicted octanol–water partition coefficient (Wildman–Crippen LogP) is 5.72. The molecule has 5 heteroatoms. The molecule has 2 rings (SSSR count). The minimum Gasteiger partial charge on any atom is -0.263 e. The first-order valence-corrected chi connectivity index (χ1v) is 7.31. The van der Waals surface area contributed by atoms with Crippen LogP contribution in [0.1, 0.15) is 16.0 Å². The minimum absolute atomic E-state index is 0.0589. The van der Waals surface area contributed by atoms with Gasteiger partial charge in [-0.3, -0.25) is 4.98 Å². The van der Waals surface area contributed by atoms with E-state index < -0.39 is 0 Å². The molecule has 0 spiro atoms. The largest absolute Gasteiger partial charge is 0.263 e. The van der Waals surface area contributed by atoms with Gasteiger partial charge in [0, 0.05) is 17.2 Å². The molecule has 0 radical (unpaired) electrons. The van der Waals surface area contributed by atoms with Crippen molar-refractivity contribution in [3.05, 3.63) is 62.9 Å². The molecule has 0 amide bonds. The van der Waals surface area contributed by atoms with E-state index >= 15 is 0 Å². The molecule has 0 bridgehead atoms. The molecule has 1 aromatic carbocycles. The summed E-state index contributed by atoms with van der Waals surface area (Å²) in [6.07, 6.45) is 4.08. The molecule has 1 heterocycles. The van der Waals surface area contributed by atoms with E-state index in [-0.39, 0.29) is 4.83 Å². The molecule has 0 aliphatic heterocycles. The zero-order chi connectivity index (χ0) is 13.1. The van der Waals surface area contributed by atoms with Gasteiger partial charge in [-0.25, -0.2) is 0 Å². The van der Waals surface area contributed by atoms with E-state index in [0.29, 0.717) is 15.1 Å². The third kappa shape index (κ3) is 3.18. The molecule has 1 nitrogen and oxygen atoms in total. The maximum Gasteiger partial charge on any atom is 0.0635 e. The molecule has 94 valence electrons. The number of aromatic nitrogens is 1. The number of halogens is 4. The monoisotopic (exact) mass is 363 g/mol. The molecule has 1 unspecified atom stereocenters. The summed E-state index contributed by atoms with van der Waals surface area (Å²) in [4.78, 5) is 4.02. The lowest BCUT2D eigenvalue weighted by molar-refractivity contribution is 0.945. The van der Waals surface area contributed by atoms with Gasteiger partial charge in [0.15, 0.2) is 0 Å². The van der Waals surface area contributed by atoms with Gasteiger partial charge in [0.2, 0.25) is 0 Å². The number of hydrogen-bond acceptors (Lipinski definition) is 1. The molecule has 0 aliphatic carbocycles. The fourth-order valence-corrected chi connectivity index (χ4v) is 3.13. The van der Waals surface area contributed by atoms with Crippen LogP contribution in [0.3, 0.4) is 0 Å². The lowest BCUT2D eigenvalue weighted by Crippen LogP contribution is -1.97. The van der Waals surface area contributed by atoms with Crippen molar-refractivity contribution in [2.24, 2.45) is 0 Å². The normalized spacial score (nSPS) is 12.4. The van der Waals surface area contributed by atoms with Gasteiger partial charge in [0.1, 0.15) is 0 Å². The third-order valence-electron chi connectivity index (χ3n) is 2.57. The second-order valence-electron chi connectivity index (χ2n) is 3.78. The van der Waals surface area contributed by atoms with Crippen LogP contribution in [0.2, 0.25) is 15.1 Å². The summed E-state index contributed by atoms with van der Waals surface area (Å²) in [6.45, 7) is 0. The summed E-state index contributed by atoms with van der Waals surface area (Å²) in [5.74, 6) is 0. The Kier molecular flexibility index (Phi) is 4.91. The topological polar surface area (TPSA) is 12.9 Å². The molecular formula is C13H9BrCl3N. The van der Waals surface area contributed by atoms with Crippen molar-refractivity contribution in [1.29, 1.82) is 0 Å². The summed E-state index contributed by atoms with van der Waals surface area (Å²) in [7, 11) is 0. The first-order valence-electron chi connectivity index (χ1n) is 5.26. The van der Waals surface area contributed by atoms with E-state index in [2.05, 4.69) is 20.9 Å². The van der Waals surface area contributed by atoms with Crippen LogP contribution >= 0.6 is 50.7 Å². The van der Waals surface area contributed by atoms with Crippen LogP contribution in [0.15, 0.2) is 36.7 Å². The van der Waals surface area contributed by atoms with E-state index in [1.165, 1.54) is 0 Å². The molecular weight excluding hydrogens is 356 g/mol. The fraction of sp³-hybridized carbons (Fsp3) is 0.154. The van der Waals surface area contributed by atoms with Crippen molar-refractivity contribution in [1.82, 2.24) is 4.98 Å². The minimum atomic E-state index is 0.0589. The lowest BCUT2D eigenvalue weighted by Gasteiger charge is -2.13. The average Bonchev–Trinajstić information content (AvgIpc) is 2.35. The quantitative estimate of drug-likeness (QED) is 0.634. The van der Waals surface area contributed by atoms with Crippen LogP contribution in [0.5, 0.6) is 0 Å². The Labute approximate surface area is 129 Å². The second-order valence-corrected chi connectivity index (χ2v) is 6.08. The van der Waals surface area contributed by atoms with E-state index in [0.717, 1.165) is 17.5 Å². The Morgan fingerprint density at radius 3 is 2.61 bits per heavy atom. The highest BCUT2D eigenvalue weighted by atomic mass is 79.9. The summed E-state index contributed by atoms with van der Waals surface area (Å²) < 4.78 is 0. The Morgan fingerprint density at radius 2 is 1.89 bits per heavy atom. The SMILES string of the molecule is Clc1cnccc1CC(Br)c1cccc(Cl)c1Cl. The first kappa shape index (κ1) is 14.1. The molecule has 1 atom stereocenters. The van der Waals surface area contributed by atoms with E-state index in [1.54, 1.807) is 18.5 Å². The number of hydrogen-bond donors (Lipinski definition) is 0. The molecule has 0 aliphatic rings. The van der Waals surface area contributed by atoms with E-state index in [4.69, 9.17) is 34.8 Å². The fourth-order valence-electron chi connectivity index (χ4n) is 1.63. The second kappa shape index (κ2) is 6.25. The Morgan fingerprint density at radius 1 is 1.11 bits per heavy atom. The van der Waals surface area contributed by atoms with Crippen LogP contribution in [-0.4, -0.2) is 4.98 Å². The Bertz CT molecular complexity index is 560. The first-order chi connectivity index (χ1) is 8.59. The van der Waals surface area contributed by atoms with Crippen molar-refractivity contribution in [2.75, 3.05) is 0 Å². The van der Waals surface area contributed by atoms with E-state index in [1.807, 2.05) is 18.2 Å². The summed E-state index contributed by atoms with van der Waals surface area (Å²) in [5, 5.41) is 1.78. The zero-order valence-electron chi connectivity index (χ0n) is 9.21. The van der Waals surface area contributed by atoms with Crippen LogP contribution in [-0.2, 0) is 6.42 Å². The highest BCUT2D eigenvalue weighted by Gasteiger charge is 2.15. The highest BCUT2D eigenvalue weighted by molar-refractivity contribution is 9.09. The van der Waals surface area contributed by atoms with Gasteiger partial charge in [-0.05, 0) is 29.7 Å².